The van der Waals surface area contributed by atoms with Crippen molar-refractivity contribution in [2.24, 2.45) is 5.73 Å². The summed E-state index contributed by atoms with van der Waals surface area (Å²) in [6, 6.07) is 20.2. The highest BCUT2D eigenvalue weighted by Crippen LogP contribution is 2.29. The lowest BCUT2D eigenvalue weighted by Gasteiger charge is -2.22. The summed E-state index contributed by atoms with van der Waals surface area (Å²) in [5.74, 6) is 2.12. The van der Waals surface area contributed by atoms with E-state index in [1.165, 1.54) is 5.56 Å². The Morgan fingerprint density at radius 1 is 0.960 bits per heavy atom. The van der Waals surface area contributed by atoms with Gasteiger partial charge in [-0.2, -0.15) is 0 Å². The van der Waals surface area contributed by atoms with Gasteiger partial charge < -0.3 is 15.6 Å². The molecule has 0 aliphatic carbocycles. The molecule has 1 atom stereocenters. The van der Waals surface area contributed by atoms with Gasteiger partial charge in [-0.1, -0.05) is 44.2 Å². The van der Waals surface area contributed by atoms with Crippen LogP contribution in [0.4, 0.5) is 0 Å². The average molecular weight is 335 g/mol. The molecule has 0 aromatic heterocycles. The van der Waals surface area contributed by atoms with E-state index in [9.17, 15) is 5.11 Å². The Labute approximate surface area is 149 Å². The van der Waals surface area contributed by atoms with Crippen molar-refractivity contribution in [2.45, 2.75) is 32.2 Å². The number of nitrogens with two attached hydrogens (primary N) is 1. The van der Waals surface area contributed by atoms with Crippen LogP contribution in [0.2, 0.25) is 0 Å². The molecule has 0 bridgehead atoms. The van der Waals surface area contributed by atoms with E-state index < -0.39 is 5.54 Å². The summed E-state index contributed by atoms with van der Waals surface area (Å²) in [6.07, 6.45) is 0. The topological polar surface area (TPSA) is 55.5 Å². The highest BCUT2D eigenvalue weighted by atomic mass is 16.5. The minimum absolute atomic E-state index is 0.0914. The summed E-state index contributed by atoms with van der Waals surface area (Å²) >= 11 is 0. The molecule has 0 amide bonds. The van der Waals surface area contributed by atoms with Gasteiger partial charge in [0, 0.05) is 0 Å². The van der Waals surface area contributed by atoms with Crippen molar-refractivity contribution in [2.75, 3.05) is 6.61 Å². The quantitative estimate of drug-likeness (QED) is 0.695. The van der Waals surface area contributed by atoms with Crippen molar-refractivity contribution in [3.63, 3.8) is 0 Å². The summed E-state index contributed by atoms with van der Waals surface area (Å²) < 4.78 is 6.03. The Hall–Kier alpha value is -2.36. The van der Waals surface area contributed by atoms with Crippen molar-refractivity contribution in [3.8, 4) is 11.5 Å². The van der Waals surface area contributed by atoms with Crippen LogP contribution in [0.15, 0.2) is 60.7 Å². The van der Waals surface area contributed by atoms with Crippen molar-refractivity contribution < 1.29 is 9.84 Å². The fraction of sp³-hybridized carbons (Fsp3) is 0.273. The minimum atomic E-state index is -0.735. The molecule has 3 N–H and O–H groups in total. The number of fused-ring (bicyclic) bond motifs is 1. The van der Waals surface area contributed by atoms with Gasteiger partial charge in [0.1, 0.15) is 11.5 Å². The highest BCUT2D eigenvalue weighted by Gasteiger charge is 2.20. The Morgan fingerprint density at radius 3 is 2.36 bits per heavy atom. The molecule has 0 saturated heterocycles. The van der Waals surface area contributed by atoms with Gasteiger partial charge >= 0.3 is 0 Å². The molecular formula is C22H25NO2. The molecule has 3 heteroatoms. The standard InChI is InChI=1S/C22H25NO2/c1-15(2)16-5-4-6-20(12-16)25-21-10-8-17-11-19(22(3,23)14-24)9-7-18(17)13-21/h4-13,15,24H,14,23H2,1-3H3/t22-/m0/s1. The summed E-state index contributed by atoms with van der Waals surface area (Å²) in [6.45, 7) is 6.08. The maximum atomic E-state index is 9.44. The van der Waals surface area contributed by atoms with E-state index >= 15 is 0 Å². The van der Waals surface area contributed by atoms with Crippen LogP contribution >= 0.6 is 0 Å². The number of benzene rings is 3. The summed E-state index contributed by atoms with van der Waals surface area (Å²) in [4.78, 5) is 0. The number of aliphatic hydroxyl groups excluding tert-OH is 1. The number of rotatable bonds is 5. The number of hydrogen-bond donors (Lipinski definition) is 2. The monoisotopic (exact) mass is 335 g/mol. The van der Waals surface area contributed by atoms with Crippen LogP contribution in [0, 0.1) is 0 Å². The molecule has 0 heterocycles. The molecule has 3 aromatic rings. The van der Waals surface area contributed by atoms with Crippen LogP contribution in [0.1, 0.15) is 37.8 Å². The first-order valence-electron chi connectivity index (χ1n) is 8.61. The fourth-order valence-electron chi connectivity index (χ4n) is 2.81. The second kappa shape index (κ2) is 6.87. The van der Waals surface area contributed by atoms with Gasteiger partial charge in [-0.25, -0.2) is 0 Å². The number of ether oxygens (including phenoxy) is 1. The third-order valence-corrected chi connectivity index (χ3v) is 4.56. The largest absolute Gasteiger partial charge is 0.457 e. The number of aliphatic hydroxyl groups is 1. The van der Waals surface area contributed by atoms with E-state index in [2.05, 4.69) is 26.0 Å². The van der Waals surface area contributed by atoms with Crippen molar-refractivity contribution in [1.82, 2.24) is 0 Å². The second-order valence-electron chi connectivity index (χ2n) is 7.13. The van der Waals surface area contributed by atoms with Crippen LogP contribution in [0.5, 0.6) is 11.5 Å². The zero-order chi connectivity index (χ0) is 18.0. The van der Waals surface area contributed by atoms with E-state index in [0.29, 0.717) is 5.92 Å². The van der Waals surface area contributed by atoms with Crippen LogP contribution < -0.4 is 10.5 Å². The third kappa shape index (κ3) is 3.84. The normalized spacial score (nSPS) is 13.8. The van der Waals surface area contributed by atoms with Crippen LogP contribution in [0.25, 0.3) is 10.8 Å². The average Bonchev–Trinajstić information content (AvgIpc) is 2.61. The van der Waals surface area contributed by atoms with Gasteiger partial charge in [0.05, 0.1) is 12.1 Å². The predicted molar refractivity (Wildman–Crippen MR) is 103 cm³/mol. The fourth-order valence-corrected chi connectivity index (χ4v) is 2.81. The Bertz CT molecular complexity index is 884. The maximum absolute atomic E-state index is 9.44. The summed E-state index contributed by atoms with van der Waals surface area (Å²) in [5, 5.41) is 11.6. The Morgan fingerprint density at radius 2 is 1.64 bits per heavy atom. The van der Waals surface area contributed by atoms with Crippen molar-refractivity contribution in [3.05, 3.63) is 71.8 Å². The molecule has 3 rings (SSSR count). The van der Waals surface area contributed by atoms with E-state index in [0.717, 1.165) is 27.8 Å². The molecule has 0 spiro atoms. The molecule has 3 nitrogen and oxygen atoms in total. The first kappa shape index (κ1) is 17.5. The van der Waals surface area contributed by atoms with Crippen molar-refractivity contribution >= 4 is 10.8 Å². The minimum Gasteiger partial charge on any atom is -0.457 e. The van der Waals surface area contributed by atoms with Gasteiger partial charge in [-0.15, -0.1) is 0 Å². The van der Waals surface area contributed by atoms with Gasteiger partial charge in [0.15, 0.2) is 0 Å². The smallest absolute Gasteiger partial charge is 0.128 e. The molecule has 25 heavy (non-hydrogen) atoms. The SMILES string of the molecule is CC(C)c1cccc(Oc2ccc3cc([C@@](C)(N)CO)ccc3c2)c1. The van der Waals surface area contributed by atoms with Crippen LogP contribution in [0.3, 0.4) is 0 Å². The van der Waals surface area contributed by atoms with Gasteiger partial charge in [0.25, 0.3) is 0 Å². The lowest BCUT2D eigenvalue weighted by atomic mass is 9.92. The second-order valence-corrected chi connectivity index (χ2v) is 7.13. The summed E-state index contributed by atoms with van der Waals surface area (Å²) in [7, 11) is 0. The lowest BCUT2D eigenvalue weighted by molar-refractivity contribution is 0.210. The summed E-state index contributed by atoms with van der Waals surface area (Å²) in [5.41, 5.74) is 7.56. The van der Waals surface area contributed by atoms with Crippen molar-refractivity contribution in [1.29, 1.82) is 0 Å². The molecule has 0 unspecified atom stereocenters. The van der Waals surface area contributed by atoms with Gasteiger partial charge in [-0.05, 0) is 65.1 Å². The Kier molecular flexibility index (Phi) is 4.80. The molecule has 0 fully saturated rings. The maximum Gasteiger partial charge on any atom is 0.128 e. The Balaban J connectivity index is 1.89. The molecule has 0 aliphatic heterocycles. The van der Waals surface area contributed by atoms with E-state index in [1.807, 2.05) is 55.5 Å². The van der Waals surface area contributed by atoms with E-state index in [1.54, 1.807) is 0 Å². The van der Waals surface area contributed by atoms with E-state index in [-0.39, 0.29) is 6.61 Å². The highest BCUT2D eigenvalue weighted by molar-refractivity contribution is 5.84. The van der Waals surface area contributed by atoms with Gasteiger partial charge in [-0.3, -0.25) is 0 Å². The molecular weight excluding hydrogens is 310 g/mol. The lowest BCUT2D eigenvalue weighted by Crippen LogP contribution is -2.36. The zero-order valence-electron chi connectivity index (χ0n) is 15.0. The molecule has 0 aliphatic rings. The first-order valence-corrected chi connectivity index (χ1v) is 8.61. The van der Waals surface area contributed by atoms with E-state index in [4.69, 9.17) is 10.5 Å². The molecule has 3 aromatic carbocycles. The number of hydrogen-bond acceptors (Lipinski definition) is 3. The predicted octanol–water partition coefficient (Wildman–Crippen LogP) is 4.92. The molecule has 0 saturated carbocycles. The van der Waals surface area contributed by atoms with Crippen LogP contribution in [-0.4, -0.2) is 11.7 Å². The third-order valence-electron chi connectivity index (χ3n) is 4.56. The first-order chi connectivity index (χ1) is 11.9. The zero-order valence-corrected chi connectivity index (χ0v) is 15.0. The molecule has 0 radical (unpaired) electrons. The van der Waals surface area contributed by atoms with Gasteiger partial charge in [0.2, 0.25) is 0 Å². The van der Waals surface area contributed by atoms with Crippen LogP contribution in [-0.2, 0) is 5.54 Å². The molecule has 130 valence electrons.